The van der Waals surface area contributed by atoms with Gasteiger partial charge in [-0.15, -0.1) is 11.3 Å². The van der Waals surface area contributed by atoms with Gasteiger partial charge in [0, 0.05) is 15.8 Å². The van der Waals surface area contributed by atoms with E-state index in [1.165, 1.54) is 6.07 Å². The van der Waals surface area contributed by atoms with Crippen LogP contribution in [0.5, 0.6) is 0 Å². The number of sulfonamides is 1. The van der Waals surface area contributed by atoms with Crippen LogP contribution in [0.15, 0.2) is 32.2 Å². The Bertz CT molecular complexity index is 706. The molecule has 110 valence electrons. The predicted molar refractivity (Wildman–Crippen MR) is 82.1 cm³/mol. The Hall–Kier alpha value is -0.670. The topological polar surface area (TPSA) is 85.3 Å². The number of hydrogen-bond donors (Lipinski definition) is 2. The summed E-state index contributed by atoms with van der Waals surface area (Å²) >= 11 is 4.67. The Morgan fingerprint density at radius 3 is 2.70 bits per heavy atom. The third-order valence-corrected chi connectivity index (χ3v) is 6.30. The summed E-state index contributed by atoms with van der Waals surface area (Å²) in [6.07, 6.45) is 0. The smallest absolute Gasteiger partial charge is 0.245 e. The van der Waals surface area contributed by atoms with Crippen molar-refractivity contribution in [1.29, 1.82) is 0 Å². The molecule has 2 rings (SSSR count). The standard InChI is InChI=1S/C12H15BrN2O3S2/c1-7-3-4-10(19-7)8(2)15-20(16,17)11-5-9(6-14)18-12(11)13/h3-5,8,15H,6,14H2,1-2H3. The van der Waals surface area contributed by atoms with E-state index in [1.54, 1.807) is 18.3 Å². The number of nitrogens with two attached hydrogens (primary N) is 1. The number of aryl methyl sites for hydroxylation is 1. The minimum absolute atomic E-state index is 0.0677. The van der Waals surface area contributed by atoms with Gasteiger partial charge < -0.3 is 10.2 Å². The van der Waals surface area contributed by atoms with E-state index >= 15 is 0 Å². The number of thiophene rings is 1. The highest BCUT2D eigenvalue weighted by molar-refractivity contribution is 9.10. The van der Waals surface area contributed by atoms with Gasteiger partial charge in [0.2, 0.25) is 10.0 Å². The van der Waals surface area contributed by atoms with Gasteiger partial charge in [-0.25, -0.2) is 13.1 Å². The molecule has 0 saturated heterocycles. The SMILES string of the molecule is Cc1ccc(C(C)NS(=O)(=O)c2cc(CN)oc2Br)s1. The van der Waals surface area contributed by atoms with Gasteiger partial charge in [0.15, 0.2) is 4.67 Å². The molecule has 0 radical (unpaired) electrons. The molecule has 0 spiro atoms. The highest BCUT2D eigenvalue weighted by Gasteiger charge is 2.25. The first-order valence-corrected chi connectivity index (χ1v) is 8.99. The molecule has 3 N–H and O–H groups in total. The van der Waals surface area contributed by atoms with E-state index in [0.29, 0.717) is 5.76 Å². The van der Waals surface area contributed by atoms with Crippen LogP contribution >= 0.6 is 27.3 Å². The number of rotatable bonds is 5. The summed E-state index contributed by atoms with van der Waals surface area (Å²) in [6, 6.07) is 5.01. The number of furan rings is 1. The van der Waals surface area contributed by atoms with Crippen LogP contribution in [0.3, 0.4) is 0 Å². The summed E-state index contributed by atoms with van der Waals surface area (Å²) in [6.45, 7) is 3.93. The second-order valence-corrected chi connectivity index (χ2v) is 8.07. The van der Waals surface area contributed by atoms with Crippen molar-refractivity contribution in [2.45, 2.75) is 31.3 Å². The van der Waals surface area contributed by atoms with Crippen molar-refractivity contribution in [3.05, 3.63) is 38.4 Å². The maximum atomic E-state index is 12.3. The molecule has 1 atom stereocenters. The molecule has 1 unspecified atom stereocenters. The van der Waals surface area contributed by atoms with Crippen molar-refractivity contribution in [3.63, 3.8) is 0 Å². The zero-order chi connectivity index (χ0) is 14.9. The van der Waals surface area contributed by atoms with Gasteiger partial charge in [-0.05, 0) is 41.9 Å². The van der Waals surface area contributed by atoms with E-state index in [2.05, 4.69) is 20.7 Å². The van der Waals surface area contributed by atoms with Crippen molar-refractivity contribution in [3.8, 4) is 0 Å². The minimum Gasteiger partial charge on any atom is -0.452 e. The predicted octanol–water partition coefficient (Wildman–Crippen LogP) is 2.91. The van der Waals surface area contributed by atoms with Crippen LogP contribution < -0.4 is 10.5 Å². The molecular formula is C12H15BrN2O3S2. The molecule has 0 aliphatic heterocycles. The summed E-state index contributed by atoms with van der Waals surface area (Å²) in [7, 11) is -3.66. The molecule has 0 aliphatic rings. The van der Waals surface area contributed by atoms with E-state index in [9.17, 15) is 8.42 Å². The summed E-state index contributed by atoms with van der Waals surface area (Å²) in [5.41, 5.74) is 5.44. The van der Waals surface area contributed by atoms with Crippen molar-refractivity contribution >= 4 is 37.3 Å². The molecule has 0 bridgehead atoms. The van der Waals surface area contributed by atoms with Crippen LogP contribution in [0.4, 0.5) is 0 Å². The Kier molecular flexibility index (Phi) is 4.70. The summed E-state index contributed by atoms with van der Waals surface area (Å²) in [5.74, 6) is 0.414. The average molecular weight is 379 g/mol. The van der Waals surface area contributed by atoms with E-state index in [1.807, 2.05) is 19.1 Å². The molecule has 0 aromatic carbocycles. The lowest BCUT2D eigenvalue weighted by Gasteiger charge is -2.11. The molecule has 5 nitrogen and oxygen atoms in total. The van der Waals surface area contributed by atoms with Crippen molar-refractivity contribution < 1.29 is 12.8 Å². The molecule has 20 heavy (non-hydrogen) atoms. The third-order valence-electron chi connectivity index (χ3n) is 2.72. The zero-order valence-electron chi connectivity index (χ0n) is 11.0. The highest BCUT2D eigenvalue weighted by Crippen LogP contribution is 2.28. The lowest BCUT2D eigenvalue weighted by Crippen LogP contribution is -2.26. The van der Waals surface area contributed by atoms with E-state index < -0.39 is 10.0 Å². The van der Waals surface area contributed by atoms with Crippen LogP contribution in [-0.2, 0) is 16.6 Å². The van der Waals surface area contributed by atoms with Gasteiger partial charge in [0.25, 0.3) is 0 Å². The summed E-state index contributed by atoms with van der Waals surface area (Å²) in [5, 5.41) is 0. The zero-order valence-corrected chi connectivity index (χ0v) is 14.2. The van der Waals surface area contributed by atoms with Crippen LogP contribution in [0.2, 0.25) is 0 Å². The molecule has 2 heterocycles. The van der Waals surface area contributed by atoms with Gasteiger partial charge in [0.05, 0.1) is 12.6 Å². The number of halogens is 1. The van der Waals surface area contributed by atoms with Crippen LogP contribution in [0.1, 0.15) is 28.5 Å². The summed E-state index contributed by atoms with van der Waals surface area (Å²) < 4.78 is 32.7. The van der Waals surface area contributed by atoms with E-state index in [4.69, 9.17) is 10.2 Å². The quantitative estimate of drug-likeness (QED) is 0.837. The third kappa shape index (κ3) is 3.32. The Morgan fingerprint density at radius 2 is 2.20 bits per heavy atom. The fourth-order valence-corrected chi connectivity index (χ4v) is 4.90. The van der Waals surface area contributed by atoms with Gasteiger partial charge in [-0.2, -0.15) is 0 Å². The molecular weight excluding hydrogens is 364 g/mol. The largest absolute Gasteiger partial charge is 0.452 e. The van der Waals surface area contributed by atoms with E-state index in [0.717, 1.165) is 9.75 Å². The van der Waals surface area contributed by atoms with Gasteiger partial charge in [-0.1, -0.05) is 0 Å². The second kappa shape index (κ2) is 5.98. The van der Waals surface area contributed by atoms with E-state index in [-0.39, 0.29) is 22.2 Å². The van der Waals surface area contributed by atoms with Crippen molar-refractivity contribution in [2.24, 2.45) is 5.73 Å². The first kappa shape index (κ1) is 15.7. The summed E-state index contributed by atoms with van der Waals surface area (Å²) in [4.78, 5) is 2.17. The van der Waals surface area contributed by atoms with Crippen molar-refractivity contribution in [1.82, 2.24) is 4.72 Å². The maximum Gasteiger partial charge on any atom is 0.245 e. The highest BCUT2D eigenvalue weighted by atomic mass is 79.9. The molecule has 2 aromatic heterocycles. The average Bonchev–Trinajstić information content (AvgIpc) is 2.95. The lowest BCUT2D eigenvalue weighted by atomic mass is 10.3. The molecule has 0 fully saturated rings. The van der Waals surface area contributed by atoms with Gasteiger partial charge in [0.1, 0.15) is 10.7 Å². The fourth-order valence-electron chi connectivity index (χ4n) is 1.72. The minimum atomic E-state index is -3.66. The maximum absolute atomic E-state index is 12.3. The van der Waals surface area contributed by atoms with Gasteiger partial charge in [-0.3, -0.25) is 0 Å². The molecule has 0 saturated carbocycles. The Balaban J connectivity index is 2.24. The lowest BCUT2D eigenvalue weighted by molar-refractivity contribution is 0.483. The number of nitrogens with one attached hydrogen (secondary N) is 1. The molecule has 2 aromatic rings. The van der Waals surface area contributed by atoms with Crippen LogP contribution in [0, 0.1) is 6.92 Å². The number of hydrogen-bond acceptors (Lipinski definition) is 5. The molecule has 0 aliphatic carbocycles. The van der Waals surface area contributed by atoms with Crippen LogP contribution in [0.25, 0.3) is 0 Å². The van der Waals surface area contributed by atoms with Crippen LogP contribution in [-0.4, -0.2) is 8.42 Å². The normalized spacial score (nSPS) is 13.6. The first-order chi connectivity index (χ1) is 9.33. The molecule has 8 heteroatoms. The van der Waals surface area contributed by atoms with Crippen molar-refractivity contribution in [2.75, 3.05) is 0 Å². The fraction of sp³-hybridized carbons (Fsp3) is 0.333. The Morgan fingerprint density at radius 1 is 1.50 bits per heavy atom. The monoisotopic (exact) mass is 378 g/mol. The molecule has 0 amide bonds. The first-order valence-electron chi connectivity index (χ1n) is 5.90. The Labute approximate surface area is 130 Å². The van der Waals surface area contributed by atoms with Gasteiger partial charge >= 0.3 is 0 Å². The second-order valence-electron chi connectivity index (χ2n) is 4.35.